The van der Waals surface area contributed by atoms with Crippen LogP contribution in [-0.4, -0.2) is 24.0 Å². The molecule has 1 aromatic carbocycles. The number of amides is 1. The molecule has 0 spiro atoms. The van der Waals surface area contributed by atoms with E-state index in [1.165, 1.54) is 12.1 Å². The first kappa shape index (κ1) is 16.3. The van der Waals surface area contributed by atoms with Crippen LogP contribution in [0.15, 0.2) is 18.2 Å². The Balaban J connectivity index is 2.60. The van der Waals surface area contributed by atoms with Gasteiger partial charge in [-0.25, -0.2) is 4.79 Å². The number of nitrogens with one attached hydrogen (secondary N) is 1. The van der Waals surface area contributed by atoms with E-state index in [1.807, 2.05) is 20.8 Å². The SMILES string of the molecule is CCC(C)(C)NC(=O)COC(=O)c1cc(N)ccc1Cl. The number of halogens is 1. The Bertz CT molecular complexity index is 515. The molecule has 0 fully saturated rings. The summed E-state index contributed by atoms with van der Waals surface area (Å²) in [6.07, 6.45) is 0.772. The second-order valence-corrected chi connectivity index (χ2v) is 5.51. The van der Waals surface area contributed by atoms with Crippen LogP contribution in [0.1, 0.15) is 37.6 Å². The molecular weight excluding hydrogens is 280 g/mol. The summed E-state index contributed by atoms with van der Waals surface area (Å²) in [6, 6.07) is 4.50. The number of carbonyl (C=O) groups excluding carboxylic acids is 2. The fraction of sp³-hybridized carbons (Fsp3) is 0.429. The maximum Gasteiger partial charge on any atom is 0.340 e. The molecule has 0 unspecified atom stereocenters. The van der Waals surface area contributed by atoms with Crippen LogP contribution in [0, 0.1) is 0 Å². The van der Waals surface area contributed by atoms with Gasteiger partial charge in [0.2, 0.25) is 0 Å². The molecular formula is C14H19ClN2O3. The van der Waals surface area contributed by atoms with Gasteiger partial charge in [0.15, 0.2) is 6.61 Å². The minimum Gasteiger partial charge on any atom is -0.452 e. The number of nitrogens with two attached hydrogens (primary N) is 1. The molecule has 0 aliphatic carbocycles. The van der Waals surface area contributed by atoms with Crippen LogP contribution in [0.2, 0.25) is 5.02 Å². The zero-order valence-corrected chi connectivity index (χ0v) is 12.6. The number of hydrogen-bond acceptors (Lipinski definition) is 4. The van der Waals surface area contributed by atoms with Crippen molar-refractivity contribution in [1.82, 2.24) is 5.32 Å². The highest BCUT2D eigenvalue weighted by Crippen LogP contribution is 2.19. The van der Waals surface area contributed by atoms with Crippen LogP contribution < -0.4 is 11.1 Å². The number of hydrogen-bond donors (Lipinski definition) is 2. The molecule has 0 saturated carbocycles. The van der Waals surface area contributed by atoms with Gasteiger partial charge < -0.3 is 15.8 Å². The zero-order chi connectivity index (χ0) is 15.3. The lowest BCUT2D eigenvalue weighted by molar-refractivity contribution is -0.125. The largest absolute Gasteiger partial charge is 0.452 e. The van der Waals surface area contributed by atoms with Crippen LogP contribution in [0.3, 0.4) is 0 Å². The Morgan fingerprint density at radius 2 is 2.05 bits per heavy atom. The topological polar surface area (TPSA) is 81.4 Å². The third-order valence-electron chi connectivity index (χ3n) is 2.91. The van der Waals surface area contributed by atoms with Crippen molar-refractivity contribution in [3.63, 3.8) is 0 Å². The lowest BCUT2D eigenvalue weighted by Crippen LogP contribution is -2.44. The van der Waals surface area contributed by atoms with Gasteiger partial charge >= 0.3 is 5.97 Å². The lowest BCUT2D eigenvalue weighted by Gasteiger charge is -2.24. The molecule has 0 aliphatic rings. The standard InChI is InChI=1S/C14H19ClN2O3/c1-4-14(2,3)17-12(18)8-20-13(19)10-7-9(16)5-6-11(10)15/h5-7H,4,8,16H2,1-3H3,(H,17,18). The van der Waals surface area contributed by atoms with E-state index in [0.29, 0.717) is 5.69 Å². The van der Waals surface area contributed by atoms with Crippen LogP contribution in [0.4, 0.5) is 5.69 Å². The zero-order valence-electron chi connectivity index (χ0n) is 11.8. The van der Waals surface area contributed by atoms with Crippen molar-refractivity contribution >= 4 is 29.2 Å². The molecule has 0 heterocycles. The van der Waals surface area contributed by atoms with Crippen molar-refractivity contribution < 1.29 is 14.3 Å². The number of nitrogen functional groups attached to an aromatic ring is 1. The summed E-state index contributed by atoms with van der Waals surface area (Å²) >= 11 is 5.88. The number of carbonyl (C=O) groups is 2. The molecule has 0 aliphatic heterocycles. The first-order valence-electron chi connectivity index (χ1n) is 6.28. The number of anilines is 1. The van der Waals surface area contributed by atoms with E-state index in [2.05, 4.69) is 5.32 Å². The Hall–Kier alpha value is -1.75. The highest BCUT2D eigenvalue weighted by molar-refractivity contribution is 6.33. The fourth-order valence-electron chi connectivity index (χ4n) is 1.41. The second kappa shape index (κ2) is 6.61. The van der Waals surface area contributed by atoms with Gasteiger partial charge in [0.25, 0.3) is 5.91 Å². The van der Waals surface area contributed by atoms with Gasteiger partial charge in [-0.2, -0.15) is 0 Å². The number of ether oxygens (including phenoxy) is 1. The molecule has 5 nitrogen and oxygen atoms in total. The van der Waals surface area contributed by atoms with E-state index in [9.17, 15) is 9.59 Å². The number of rotatable bonds is 5. The molecule has 0 bridgehead atoms. The number of benzene rings is 1. The third-order valence-corrected chi connectivity index (χ3v) is 3.24. The molecule has 0 radical (unpaired) electrons. The monoisotopic (exact) mass is 298 g/mol. The molecule has 1 amide bonds. The maximum atomic E-state index is 11.8. The van der Waals surface area contributed by atoms with Crippen molar-refractivity contribution in [2.24, 2.45) is 0 Å². The summed E-state index contributed by atoms with van der Waals surface area (Å²) < 4.78 is 4.93. The smallest absolute Gasteiger partial charge is 0.340 e. The Morgan fingerprint density at radius 3 is 2.65 bits per heavy atom. The first-order valence-corrected chi connectivity index (χ1v) is 6.66. The quantitative estimate of drug-likeness (QED) is 0.646. The lowest BCUT2D eigenvalue weighted by atomic mass is 10.0. The van der Waals surface area contributed by atoms with Crippen LogP contribution in [0.25, 0.3) is 0 Å². The normalized spacial score (nSPS) is 11.0. The summed E-state index contributed by atoms with van der Waals surface area (Å²) in [7, 11) is 0. The van der Waals surface area contributed by atoms with Gasteiger partial charge in [0.1, 0.15) is 0 Å². The third kappa shape index (κ3) is 4.74. The summed E-state index contributed by atoms with van der Waals surface area (Å²) in [5.41, 5.74) is 5.79. The van der Waals surface area contributed by atoms with E-state index in [4.69, 9.17) is 22.1 Å². The molecule has 0 aromatic heterocycles. The van der Waals surface area contributed by atoms with Gasteiger partial charge in [-0.15, -0.1) is 0 Å². The molecule has 0 atom stereocenters. The van der Waals surface area contributed by atoms with Crippen molar-refractivity contribution in [2.75, 3.05) is 12.3 Å². The van der Waals surface area contributed by atoms with E-state index < -0.39 is 5.97 Å². The minimum atomic E-state index is -0.674. The van der Waals surface area contributed by atoms with Crippen molar-refractivity contribution in [2.45, 2.75) is 32.7 Å². The van der Waals surface area contributed by atoms with E-state index in [0.717, 1.165) is 6.42 Å². The molecule has 1 rings (SSSR count). The van der Waals surface area contributed by atoms with Crippen LogP contribution >= 0.6 is 11.6 Å². The van der Waals surface area contributed by atoms with Crippen LogP contribution in [-0.2, 0) is 9.53 Å². The van der Waals surface area contributed by atoms with Gasteiger partial charge in [-0.1, -0.05) is 18.5 Å². The average molecular weight is 299 g/mol. The second-order valence-electron chi connectivity index (χ2n) is 5.10. The summed E-state index contributed by atoms with van der Waals surface area (Å²) in [5.74, 6) is -1.03. The predicted octanol–water partition coefficient (Wildman–Crippen LogP) is 2.38. The summed E-state index contributed by atoms with van der Waals surface area (Å²) in [6.45, 7) is 5.38. The van der Waals surface area contributed by atoms with Gasteiger partial charge in [0, 0.05) is 11.2 Å². The van der Waals surface area contributed by atoms with E-state index in [1.54, 1.807) is 6.07 Å². The summed E-state index contributed by atoms with van der Waals surface area (Å²) in [5, 5.41) is 3.00. The van der Waals surface area contributed by atoms with E-state index in [-0.39, 0.29) is 28.6 Å². The molecule has 110 valence electrons. The average Bonchev–Trinajstić information content (AvgIpc) is 2.38. The van der Waals surface area contributed by atoms with Gasteiger partial charge in [0.05, 0.1) is 10.6 Å². The molecule has 1 aromatic rings. The summed E-state index contributed by atoms with van der Waals surface area (Å²) in [4.78, 5) is 23.5. The Kier molecular flexibility index (Phi) is 5.39. The molecule has 0 saturated heterocycles. The highest BCUT2D eigenvalue weighted by atomic mass is 35.5. The van der Waals surface area contributed by atoms with Crippen molar-refractivity contribution in [3.8, 4) is 0 Å². The van der Waals surface area contributed by atoms with Crippen molar-refractivity contribution in [3.05, 3.63) is 28.8 Å². The van der Waals surface area contributed by atoms with Gasteiger partial charge in [-0.3, -0.25) is 4.79 Å². The Labute approximate surface area is 123 Å². The molecule has 6 heteroatoms. The minimum absolute atomic E-state index is 0.147. The van der Waals surface area contributed by atoms with Gasteiger partial charge in [-0.05, 0) is 38.5 Å². The fourth-order valence-corrected chi connectivity index (χ4v) is 1.60. The first-order chi connectivity index (χ1) is 9.25. The van der Waals surface area contributed by atoms with Crippen molar-refractivity contribution in [1.29, 1.82) is 0 Å². The highest BCUT2D eigenvalue weighted by Gasteiger charge is 2.19. The predicted molar refractivity (Wildman–Crippen MR) is 78.7 cm³/mol. The number of esters is 1. The maximum absolute atomic E-state index is 11.8. The van der Waals surface area contributed by atoms with Crippen LogP contribution in [0.5, 0.6) is 0 Å². The van der Waals surface area contributed by atoms with E-state index >= 15 is 0 Å². The molecule has 20 heavy (non-hydrogen) atoms. The molecule has 3 N–H and O–H groups in total. The Morgan fingerprint density at radius 1 is 1.40 bits per heavy atom.